The second-order valence-corrected chi connectivity index (χ2v) is 6.02. The quantitative estimate of drug-likeness (QED) is 0.743. The van der Waals surface area contributed by atoms with Gasteiger partial charge in [0.2, 0.25) is 0 Å². The zero-order valence-electron chi connectivity index (χ0n) is 12.8. The lowest BCUT2D eigenvalue weighted by Crippen LogP contribution is -2.40. The molecule has 6 heteroatoms. The molecule has 1 aromatic heterocycles. The Morgan fingerprint density at radius 3 is 2.67 bits per heavy atom. The van der Waals surface area contributed by atoms with Crippen molar-refractivity contribution in [1.29, 1.82) is 0 Å². The van der Waals surface area contributed by atoms with E-state index in [1.807, 2.05) is 20.8 Å². The number of hydrogen-bond donors (Lipinski definition) is 0. The highest BCUT2D eigenvalue weighted by atomic mass is 16.6. The topological polar surface area (TPSA) is 68.7 Å². The summed E-state index contributed by atoms with van der Waals surface area (Å²) >= 11 is 0. The zero-order chi connectivity index (χ0) is 15.6. The van der Waals surface area contributed by atoms with E-state index in [2.05, 4.69) is 4.98 Å². The Bertz CT molecular complexity index is 563. The van der Waals surface area contributed by atoms with E-state index in [4.69, 9.17) is 9.47 Å². The fraction of sp³-hybridized carbons (Fsp3) is 0.533. The fourth-order valence-electron chi connectivity index (χ4n) is 2.11. The monoisotopic (exact) mass is 292 g/mol. The minimum Gasteiger partial charge on any atom is -0.444 e. The Morgan fingerprint density at radius 2 is 2.05 bits per heavy atom. The van der Waals surface area contributed by atoms with Crippen molar-refractivity contribution in [3.8, 4) is 5.75 Å². The van der Waals surface area contributed by atoms with E-state index in [0.717, 1.165) is 11.3 Å². The number of nitrogens with zero attached hydrogens (tertiary/aromatic N) is 2. The molecular weight excluding hydrogens is 272 g/mol. The van der Waals surface area contributed by atoms with Crippen molar-refractivity contribution < 1.29 is 19.1 Å². The van der Waals surface area contributed by atoms with Gasteiger partial charge in [-0.25, -0.2) is 4.79 Å². The molecule has 0 bridgehead atoms. The molecule has 0 radical (unpaired) electrons. The van der Waals surface area contributed by atoms with Crippen LogP contribution >= 0.6 is 0 Å². The van der Waals surface area contributed by atoms with Gasteiger partial charge in [-0.15, -0.1) is 0 Å². The van der Waals surface area contributed by atoms with Crippen LogP contribution in [0.5, 0.6) is 5.75 Å². The lowest BCUT2D eigenvalue weighted by atomic mass is 10.1. The number of ether oxygens (including phenoxy) is 2. The van der Waals surface area contributed by atoms with Crippen molar-refractivity contribution in [3.05, 3.63) is 23.5 Å². The summed E-state index contributed by atoms with van der Waals surface area (Å²) in [5.41, 5.74) is 1.28. The molecule has 21 heavy (non-hydrogen) atoms. The first-order valence-electron chi connectivity index (χ1n) is 6.89. The van der Waals surface area contributed by atoms with Crippen LogP contribution in [-0.2, 0) is 22.5 Å². The molecule has 2 heterocycles. The minimum atomic E-state index is -0.519. The number of pyridine rings is 1. The molecule has 0 aromatic carbocycles. The summed E-state index contributed by atoms with van der Waals surface area (Å²) in [5, 5.41) is 0. The SMILES string of the molecule is CC(=O)Oc1cnc2c(c1)CN(C(=O)OC(C)(C)C)CC2. The van der Waals surface area contributed by atoms with Gasteiger partial charge in [-0.3, -0.25) is 9.78 Å². The second kappa shape index (κ2) is 5.71. The van der Waals surface area contributed by atoms with Gasteiger partial charge in [0.25, 0.3) is 0 Å². The molecule has 0 atom stereocenters. The first-order chi connectivity index (χ1) is 9.74. The van der Waals surface area contributed by atoms with Gasteiger partial charge in [0, 0.05) is 25.6 Å². The minimum absolute atomic E-state index is 0.342. The summed E-state index contributed by atoms with van der Waals surface area (Å²) in [7, 11) is 0. The van der Waals surface area contributed by atoms with E-state index in [9.17, 15) is 9.59 Å². The predicted molar refractivity (Wildman–Crippen MR) is 75.9 cm³/mol. The second-order valence-electron chi connectivity index (χ2n) is 6.02. The van der Waals surface area contributed by atoms with Crippen molar-refractivity contribution in [1.82, 2.24) is 9.88 Å². The number of hydrogen-bond acceptors (Lipinski definition) is 5. The number of carbonyl (C=O) groups is 2. The van der Waals surface area contributed by atoms with Crippen LogP contribution in [0.2, 0.25) is 0 Å². The van der Waals surface area contributed by atoms with Crippen LogP contribution in [-0.4, -0.2) is 34.1 Å². The van der Waals surface area contributed by atoms with Crippen molar-refractivity contribution in [3.63, 3.8) is 0 Å². The molecule has 1 amide bonds. The van der Waals surface area contributed by atoms with Crippen molar-refractivity contribution in [2.24, 2.45) is 0 Å². The third-order valence-corrected chi connectivity index (χ3v) is 2.93. The molecule has 1 aliphatic heterocycles. The van der Waals surface area contributed by atoms with E-state index in [0.29, 0.717) is 25.3 Å². The molecule has 1 aliphatic rings. The third-order valence-electron chi connectivity index (χ3n) is 2.93. The Labute approximate surface area is 124 Å². The number of rotatable bonds is 1. The molecule has 114 valence electrons. The molecule has 0 aliphatic carbocycles. The first kappa shape index (κ1) is 15.3. The lowest BCUT2D eigenvalue weighted by Gasteiger charge is -2.30. The maximum atomic E-state index is 12.1. The Kier molecular flexibility index (Phi) is 4.16. The molecule has 0 N–H and O–H groups in total. The van der Waals surface area contributed by atoms with Gasteiger partial charge in [-0.2, -0.15) is 0 Å². The Hall–Kier alpha value is -2.11. The number of carbonyl (C=O) groups excluding carboxylic acids is 2. The average Bonchev–Trinajstić information content (AvgIpc) is 2.35. The van der Waals surface area contributed by atoms with Gasteiger partial charge in [-0.05, 0) is 32.4 Å². The van der Waals surface area contributed by atoms with Gasteiger partial charge in [-0.1, -0.05) is 0 Å². The molecule has 1 aromatic rings. The highest BCUT2D eigenvalue weighted by molar-refractivity contribution is 5.70. The largest absolute Gasteiger partial charge is 0.444 e. The summed E-state index contributed by atoms with van der Waals surface area (Å²) < 4.78 is 10.4. The highest BCUT2D eigenvalue weighted by Crippen LogP contribution is 2.23. The lowest BCUT2D eigenvalue weighted by molar-refractivity contribution is -0.131. The van der Waals surface area contributed by atoms with Crippen LogP contribution in [0.3, 0.4) is 0 Å². The maximum absolute atomic E-state index is 12.1. The molecule has 0 spiro atoms. The van der Waals surface area contributed by atoms with Crippen LogP contribution in [0.25, 0.3) is 0 Å². The zero-order valence-corrected chi connectivity index (χ0v) is 12.8. The van der Waals surface area contributed by atoms with E-state index in [1.165, 1.54) is 13.1 Å². The van der Waals surface area contributed by atoms with Crippen molar-refractivity contribution in [2.45, 2.75) is 46.3 Å². The standard InChI is InChI=1S/C15H20N2O4/c1-10(18)20-12-7-11-9-17(6-5-13(11)16-8-12)14(19)21-15(2,3)4/h7-8H,5-6,9H2,1-4H3. The molecule has 0 unspecified atom stereocenters. The Balaban J connectivity index is 2.11. The number of amides is 1. The molecule has 0 saturated heterocycles. The van der Waals surface area contributed by atoms with E-state index < -0.39 is 11.6 Å². The fourth-order valence-corrected chi connectivity index (χ4v) is 2.11. The number of aromatic nitrogens is 1. The summed E-state index contributed by atoms with van der Waals surface area (Å²) in [5.74, 6) is 0.00356. The first-order valence-corrected chi connectivity index (χ1v) is 6.89. The van der Waals surface area contributed by atoms with Gasteiger partial charge < -0.3 is 14.4 Å². The average molecular weight is 292 g/mol. The smallest absolute Gasteiger partial charge is 0.410 e. The van der Waals surface area contributed by atoms with Gasteiger partial charge in [0.1, 0.15) is 11.4 Å². The van der Waals surface area contributed by atoms with Gasteiger partial charge in [0.15, 0.2) is 0 Å². The van der Waals surface area contributed by atoms with Crippen LogP contribution in [0.4, 0.5) is 4.79 Å². The highest BCUT2D eigenvalue weighted by Gasteiger charge is 2.26. The predicted octanol–water partition coefficient (Wildman–Crippen LogP) is 2.30. The molecule has 6 nitrogen and oxygen atoms in total. The van der Waals surface area contributed by atoms with Gasteiger partial charge in [0.05, 0.1) is 12.7 Å². The molecule has 0 fully saturated rings. The van der Waals surface area contributed by atoms with Crippen molar-refractivity contribution >= 4 is 12.1 Å². The van der Waals surface area contributed by atoms with Crippen LogP contribution in [0, 0.1) is 0 Å². The van der Waals surface area contributed by atoms with E-state index >= 15 is 0 Å². The van der Waals surface area contributed by atoms with E-state index in [-0.39, 0.29) is 6.09 Å². The summed E-state index contributed by atoms with van der Waals surface area (Å²) in [6.07, 6.45) is 1.85. The summed E-state index contributed by atoms with van der Waals surface area (Å²) in [6.45, 7) is 7.83. The molecule has 0 saturated carbocycles. The van der Waals surface area contributed by atoms with Crippen molar-refractivity contribution in [2.75, 3.05) is 6.54 Å². The van der Waals surface area contributed by atoms with Crippen LogP contribution in [0.1, 0.15) is 39.0 Å². The molecule has 2 rings (SSSR count). The van der Waals surface area contributed by atoms with Gasteiger partial charge >= 0.3 is 12.1 Å². The van der Waals surface area contributed by atoms with Crippen LogP contribution in [0.15, 0.2) is 12.3 Å². The van der Waals surface area contributed by atoms with E-state index in [1.54, 1.807) is 11.0 Å². The Morgan fingerprint density at radius 1 is 1.33 bits per heavy atom. The van der Waals surface area contributed by atoms with Crippen LogP contribution < -0.4 is 4.74 Å². The number of fused-ring (bicyclic) bond motifs is 1. The molecular formula is C15H20N2O4. The number of esters is 1. The summed E-state index contributed by atoms with van der Waals surface area (Å²) in [4.78, 5) is 29.0. The third kappa shape index (κ3) is 4.18. The maximum Gasteiger partial charge on any atom is 0.410 e. The normalized spacial score (nSPS) is 14.4. The summed E-state index contributed by atoms with van der Waals surface area (Å²) in [6, 6.07) is 1.75.